The number of carbonyl (C=O) groups excluding carboxylic acids is 3. The zero-order valence-corrected chi connectivity index (χ0v) is 25.7. The Morgan fingerprint density at radius 1 is 1.15 bits per heavy atom. The maximum Gasteiger partial charge on any atom is 0.481 e. The van der Waals surface area contributed by atoms with Crippen LogP contribution in [0.15, 0.2) is 30.3 Å². The number of amides is 3. The van der Waals surface area contributed by atoms with Crippen molar-refractivity contribution < 1.29 is 23.7 Å². The van der Waals surface area contributed by atoms with E-state index in [9.17, 15) is 14.4 Å². The van der Waals surface area contributed by atoms with E-state index in [2.05, 4.69) is 47.3 Å². The lowest BCUT2D eigenvalue weighted by Crippen LogP contribution is -2.65. The van der Waals surface area contributed by atoms with Crippen molar-refractivity contribution in [2.24, 2.45) is 17.3 Å². The molecule has 0 unspecified atom stereocenters. The van der Waals surface area contributed by atoms with E-state index in [1.807, 2.05) is 30.3 Å². The van der Waals surface area contributed by atoms with Crippen molar-refractivity contribution in [1.82, 2.24) is 15.5 Å². The van der Waals surface area contributed by atoms with Crippen LogP contribution in [0.5, 0.6) is 0 Å². The normalized spacial score (nSPS) is 31.6. The number of halogens is 1. The number of alkyl halides is 1. The van der Waals surface area contributed by atoms with E-state index < -0.39 is 19.2 Å². The minimum atomic E-state index is -0.725. The second kappa shape index (κ2) is 11.8. The molecular formula is C30H43BBrN3O5. The number of benzene rings is 1. The minimum absolute atomic E-state index is 0.0404. The molecule has 2 N–H and O–H groups in total. The summed E-state index contributed by atoms with van der Waals surface area (Å²) in [6, 6.07) is 8.32. The van der Waals surface area contributed by atoms with Crippen LogP contribution in [0.3, 0.4) is 0 Å². The van der Waals surface area contributed by atoms with Gasteiger partial charge in [-0.05, 0) is 68.3 Å². The van der Waals surface area contributed by atoms with Crippen molar-refractivity contribution in [1.29, 1.82) is 0 Å². The number of hydrogen-bond donors (Lipinski definition) is 2. The lowest BCUT2D eigenvalue weighted by Gasteiger charge is -2.64. The lowest BCUT2D eigenvalue weighted by molar-refractivity contribution is -0.199. The number of nitrogens with zero attached hydrogens (tertiary/aromatic N) is 1. The molecule has 6 rings (SSSR count). The molecule has 5 fully saturated rings. The predicted octanol–water partition coefficient (Wildman–Crippen LogP) is 3.65. The molecule has 0 radical (unpaired) electrons. The van der Waals surface area contributed by atoms with Gasteiger partial charge in [-0.1, -0.05) is 60.1 Å². The molecule has 1 aromatic carbocycles. The standard InChI is InChI=1S/C30H43BBrN3O5/c1-19(36)33-22(16-20-10-6-5-7-11-20)28(38)35-15-9-12-23(35)27(37)34-26(13-8-14-32)31-39-25-18-21-17-24(29(21,2)3)30(25,4)40-31/h5-7,10-11,21-26H,8-9,12-18H2,1-4H3,(H,33,36)(H,34,37)/t21-,22+,23-,24-,25+,26-,30-/m0/s1. The number of rotatable bonds is 10. The van der Waals surface area contributed by atoms with Crippen LogP contribution in [0.4, 0.5) is 0 Å². The van der Waals surface area contributed by atoms with Crippen LogP contribution in [0, 0.1) is 17.3 Å². The summed E-state index contributed by atoms with van der Waals surface area (Å²) in [5.74, 6) is 0.126. The maximum absolute atomic E-state index is 13.7. The Morgan fingerprint density at radius 2 is 1.90 bits per heavy atom. The van der Waals surface area contributed by atoms with E-state index in [4.69, 9.17) is 9.31 Å². The molecule has 3 amide bonds. The fourth-order valence-electron chi connectivity index (χ4n) is 7.72. The summed E-state index contributed by atoms with van der Waals surface area (Å²) < 4.78 is 13.2. The van der Waals surface area contributed by atoms with E-state index in [-0.39, 0.29) is 40.8 Å². The first-order valence-electron chi connectivity index (χ1n) is 14.9. The highest BCUT2D eigenvalue weighted by Gasteiger charge is 2.68. The summed E-state index contributed by atoms with van der Waals surface area (Å²) in [5.41, 5.74) is 0.849. The molecule has 3 aliphatic carbocycles. The van der Waals surface area contributed by atoms with E-state index in [0.717, 1.165) is 30.2 Å². The topological polar surface area (TPSA) is 97.0 Å². The Bertz CT molecular complexity index is 1110. The van der Waals surface area contributed by atoms with E-state index in [1.54, 1.807) is 4.90 Å². The fraction of sp³-hybridized carbons (Fsp3) is 0.700. The Morgan fingerprint density at radius 3 is 2.58 bits per heavy atom. The van der Waals surface area contributed by atoms with Gasteiger partial charge in [0.2, 0.25) is 17.7 Å². The Labute approximate surface area is 246 Å². The molecule has 2 bridgehead atoms. The third kappa shape index (κ3) is 5.60. The van der Waals surface area contributed by atoms with Crippen LogP contribution in [-0.4, -0.2) is 71.3 Å². The van der Waals surface area contributed by atoms with Crippen LogP contribution in [0.25, 0.3) is 0 Å². The van der Waals surface area contributed by atoms with Crippen molar-refractivity contribution >= 4 is 40.8 Å². The van der Waals surface area contributed by atoms with Crippen LogP contribution >= 0.6 is 15.9 Å². The average Bonchev–Trinajstić information content (AvgIpc) is 3.54. The summed E-state index contributed by atoms with van der Waals surface area (Å²) in [7, 11) is -0.510. The van der Waals surface area contributed by atoms with E-state index in [0.29, 0.717) is 37.6 Å². The predicted molar refractivity (Wildman–Crippen MR) is 158 cm³/mol. The fourth-order valence-corrected chi connectivity index (χ4v) is 8.05. The molecule has 1 aromatic rings. The van der Waals surface area contributed by atoms with Gasteiger partial charge in [-0.3, -0.25) is 14.4 Å². The summed E-state index contributed by atoms with van der Waals surface area (Å²) in [6.45, 7) is 8.77. The Balaban J connectivity index is 1.28. The molecule has 2 aliphatic heterocycles. The molecule has 2 heterocycles. The summed E-state index contributed by atoms with van der Waals surface area (Å²) in [5, 5.41) is 6.87. The molecule has 2 saturated heterocycles. The first kappa shape index (κ1) is 29.6. The Kier molecular flexibility index (Phi) is 8.70. The monoisotopic (exact) mass is 615 g/mol. The first-order valence-corrected chi connectivity index (χ1v) is 16.0. The molecule has 218 valence electrons. The third-order valence-corrected chi connectivity index (χ3v) is 10.6. The van der Waals surface area contributed by atoms with Gasteiger partial charge >= 0.3 is 7.12 Å². The molecule has 0 spiro atoms. The smallest absolute Gasteiger partial charge is 0.404 e. The second-order valence-corrected chi connectivity index (χ2v) is 13.7. The van der Waals surface area contributed by atoms with Gasteiger partial charge in [0.1, 0.15) is 12.1 Å². The SMILES string of the molecule is CC(=O)N[C@H](Cc1ccccc1)C(=O)N1CCC[C@H]1C(=O)N[C@@H](CCCBr)B1O[C@@H]2C[C@@H]3C[C@@H](C3(C)C)[C@]2(C)O1. The van der Waals surface area contributed by atoms with Gasteiger partial charge in [0.15, 0.2) is 0 Å². The van der Waals surface area contributed by atoms with Gasteiger partial charge in [-0.15, -0.1) is 0 Å². The summed E-state index contributed by atoms with van der Waals surface area (Å²) >= 11 is 3.53. The number of nitrogens with one attached hydrogen (secondary N) is 2. The highest BCUT2D eigenvalue weighted by atomic mass is 79.9. The number of hydrogen-bond acceptors (Lipinski definition) is 5. The quantitative estimate of drug-likeness (QED) is 0.309. The maximum atomic E-state index is 13.7. The largest absolute Gasteiger partial charge is 0.481 e. The Hall–Kier alpha value is -1.91. The number of likely N-dealkylation sites (tertiary alicyclic amines) is 1. The van der Waals surface area contributed by atoms with Crippen molar-refractivity contribution in [2.75, 3.05) is 11.9 Å². The highest BCUT2D eigenvalue weighted by Crippen LogP contribution is 2.65. The minimum Gasteiger partial charge on any atom is -0.404 e. The van der Waals surface area contributed by atoms with Crippen molar-refractivity contribution in [3.8, 4) is 0 Å². The van der Waals surface area contributed by atoms with Crippen molar-refractivity contribution in [2.45, 2.75) is 102 Å². The molecule has 3 saturated carbocycles. The molecule has 8 nitrogen and oxygen atoms in total. The summed E-state index contributed by atoms with van der Waals surface area (Å²) in [6.07, 6.45) is 5.49. The third-order valence-electron chi connectivity index (χ3n) is 10.1. The number of carbonyl (C=O) groups is 3. The van der Waals surface area contributed by atoms with Crippen LogP contribution in [-0.2, 0) is 30.1 Å². The zero-order chi connectivity index (χ0) is 28.7. The molecule has 0 aromatic heterocycles. The van der Waals surface area contributed by atoms with Crippen LogP contribution < -0.4 is 10.6 Å². The van der Waals surface area contributed by atoms with Gasteiger partial charge in [0.05, 0.1) is 17.6 Å². The molecule has 10 heteroatoms. The highest BCUT2D eigenvalue weighted by molar-refractivity contribution is 9.09. The second-order valence-electron chi connectivity index (χ2n) is 12.9. The first-order chi connectivity index (χ1) is 19.0. The van der Waals surface area contributed by atoms with Gasteiger partial charge in [-0.25, -0.2) is 0 Å². The van der Waals surface area contributed by atoms with Gasteiger partial charge in [0, 0.05) is 25.2 Å². The van der Waals surface area contributed by atoms with Gasteiger partial charge in [0.25, 0.3) is 0 Å². The van der Waals surface area contributed by atoms with Gasteiger partial charge in [-0.2, -0.15) is 0 Å². The van der Waals surface area contributed by atoms with Gasteiger partial charge < -0.3 is 24.8 Å². The van der Waals surface area contributed by atoms with E-state index >= 15 is 0 Å². The molecular weight excluding hydrogens is 573 g/mol. The zero-order valence-electron chi connectivity index (χ0n) is 24.2. The van der Waals surface area contributed by atoms with E-state index in [1.165, 1.54) is 13.3 Å². The van der Waals surface area contributed by atoms with Crippen molar-refractivity contribution in [3.63, 3.8) is 0 Å². The van der Waals surface area contributed by atoms with Crippen LogP contribution in [0.2, 0.25) is 0 Å². The molecule has 40 heavy (non-hydrogen) atoms. The lowest BCUT2D eigenvalue weighted by atomic mass is 9.43. The average molecular weight is 616 g/mol. The molecule has 5 aliphatic rings. The van der Waals surface area contributed by atoms with Crippen LogP contribution in [0.1, 0.15) is 71.8 Å². The summed E-state index contributed by atoms with van der Waals surface area (Å²) in [4.78, 5) is 41.1. The van der Waals surface area contributed by atoms with Crippen molar-refractivity contribution in [3.05, 3.63) is 35.9 Å². The molecule has 7 atom stereocenters.